The molecule has 1 aromatic carbocycles. The van der Waals surface area contributed by atoms with E-state index in [1.807, 2.05) is 0 Å². The molecule has 0 spiro atoms. The van der Waals surface area contributed by atoms with Crippen LogP contribution in [0.2, 0.25) is 0 Å². The molecule has 0 aliphatic carbocycles. The summed E-state index contributed by atoms with van der Waals surface area (Å²) in [4.78, 5) is -0.294. The van der Waals surface area contributed by atoms with Gasteiger partial charge in [-0.2, -0.15) is 0 Å². The highest BCUT2D eigenvalue weighted by molar-refractivity contribution is 8.13. The Bertz CT molecular complexity index is 454. The molecule has 0 bridgehead atoms. The SMILES string of the molecule is COc1ccc(C(O)O)cc1S(=O)(=O)Cl. The van der Waals surface area contributed by atoms with Crippen LogP contribution < -0.4 is 4.74 Å². The Morgan fingerprint density at radius 3 is 2.40 bits per heavy atom. The molecule has 5 nitrogen and oxygen atoms in total. The summed E-state index contributed by atoms with van der Waals surface area (Å²) in [5.41, 5.74) is 0.0232. The van der Waals surface area contributed by atoms with Crippen LogP contribution >= 0.6 is 10.7 Å². The van der Waals surface area contributed by atoms with Crippen LogP contribution in [0.5, 0.6) is 5.75 Å². The van der Waals surface area contributed by atoms with E-state index in [0.29, 0.717) is 0 Å². The van der Waals surface area contributed by atoms with Crippen LogP contribution in [0.3, 0.4) is 0 Å². The minimum Gasteiger partial charge on any atom is -0.495 e. The Labute approximate surface area is 91.3 Å². The molecule has 0 atom stereocenters. The zero-order chi connectivity index (χ0) is 11.6. The van der Waals surface area contributed by atoms with E-state index in [1.165, 1.54) is 19.2 Å². The van der Waals surface area contributed by atoms with Crippen LogP contribution in [0.25, 0.3) is 0 Å². The van der Waals surface area contributed by atoms with Gasteiger partial charge in [-0.25, -0.2) is 8.42 Å². The van der Waals surface area contributed by atoms with Crippen LogP contribution in [0, 0.1) is 0 Å². The lowest BCUT2D eigenvalue weighted by Crippen LogP contribution is -2.01. The van der Waals surface area contributed by atoms with Gasteiger partial charge >= 0.3 is 0 Å². The third kappa shape index (κ3) is 2.82. The average molecular weight is 253 g/mol. The van der Waals surface area contributed by atoms with Crippen molar-refractivity contribution in [3.8, 4) is 5.75 Å². The van der Waals surface area contributed by atoms with Crippen molar-refractivity contribution in [3.63, 3.8) is 0 Å². The van der Waals surface area contributed by atoms with Crippen LogP contribution in [0.15, 0.2) is 23.1 Å². The van der Waals surface area contributed by atoms with Gasteiger partial charge in [-0.05, 0) is 12.1 Å². The quantitative estimate of drug-likeness (QED) is 0.608. The van der Waals surface area contributed by atoms with Gasteiger partial charge in [-0.15, -0.1) is 0 Å². The van der Waals surface area contributed by atoms with Gasteiger partial charge in [0.1, 0.15) is 10.6 Å². The Hall–Kier alpha value is -0.820. The number of hydrogen-bond donors (Lipinski definition) is 2. The van der Waals surface area contributed by atoms with Crippen molar-refractivity contribution < 1.29 is 23.4 Å². The second kappa shape index (κ2) is 4.36. The monoisotopic (exact) mass is 252 g/mol. The first kappa shape index (κ1) is 12.3. The van der Waals surface area contributed by atoms with Gasteiger partial charge < -0.3 is 14.9 Å². The number of hydrogen-bond acceptors (Lipinski definition) is 5. The van der Waals surface area contributed by atoms with Crippen molar-refractivity contribution in [1.82, 2.24) is 0 Å². The molecule has 84 valence electrons. The molecule has 0 fully saturated rings. The van der Waals surface area contributed by atoms with Crippen LogP contribution in [0.4, 0.5) is 0 Å². The third-order valence-electron chi connectivity index (χ3n) is 1.75. The summed E-state index contributed by atoms with van der Waals surface area (Å²) in [5, 5.41) is 17.7. The predicted octanol–water partition coefficient (Wildman–Crippen LogP) is 0.606. The van der Waals surface area contributed by atoms with E-state index < -0.39 is 15.3 Å². The lowest BCUT2D eigenvalue weighted by atomic mass is 10.2. The number of methoxy groups -OCH3 is 1. The number of halogens is 1. The summed E-state index contributed by atoms with van der Waals surface area (Å²) in [7, 11) is 2.46. The van der Waals surface area contributed by atoms with E-state index in [2.05, 4.69) is 0 Å². The van der Waals surface area contributed by atoms with Crippen LogP contribution in [-0.2, 0) is 9.05 Å². The maximum Gasteiger partial charge on any atom is 0.264 e. The molecule has 0 saturated carbocycles. The number of ether oxygens (including phenoxy) is 1. The molecule has 0 saturated heterocycles. The van der Waals surface area contributed by atoms with Crippen LogP contribution in [-0.4, -0.2) is 25.7 Å². The molecule has 0 amide bonds. The molecule has 7 heteroatoms. The van der Waals surface area contributed by atoms with E-state index in [4.69, 9.17) is 25.6 Å². The Balaban J connectivity index is 3.39. The second-order valence-corrected chi connectivity index (χ2v) is 5.26. The van der Waals surface area contributed by atoms with Gasteiger partial charge in [0, 0.05) is 16.2 Å². The summed E-state index contributed by atoms with van der Waals surface area (Å²) in [6, 6.07) is 3.67. The molecule has 0 unspecified atom stereocenters. The summed E-state index contributed by atoms with van der Waals surface area (Å²) >= 11 is 0. The second-order valence-electron chi connectivity index (χ2n) is 2.72. The first-order valence-corrected chi connectivity index (χ1v) is 6.16. The van der Waals surface area contributed by atoms with Gasteiger partial charge in [-0.1, -0.05) is 6.07 Å². The van der Waals surface area contributed by atoms with Crippen molar-refractivity contribution in [2.75, 3.05) is 7.11 Å². The zero-order valence-electron chi connectivity index (χ0n) is 7.71. The zero-order valence-corrected chi connectivity index (χ0v) is 9.29. The number of aliphatic hydroxyl groups excluding tert-OH is 1. The van der Waals surface area contributed by atoms with Gasteiger partial charge in [0.25, 0.3) is 9.05 Å². The topological polar surface area (TPSA) is 83.8 Å². The van der Waals surface area contributed by atoms with Crippen molar-refractivity contribution in [2.45, 2.75) is 11.2 Å². The molecule has 15 heavy (non-hydrogen) atoms. The van der Waals surface area contributed by atoms with E-state index >= 15 is 0 Å². The lowest BCUT2D eigenvalue weighted by Gasteiger charge is -2.09. The van der Waals surface area contributed by atoms with Crippen molar-refractivity contribution >= 4 is 19.7 Å². The highest BCUT2D eigenvalue weighted by Gasteiger charge is 2.18. The van der Waals surface area contributed by atoms with E-state index in [9.17, 15) is 8.42 Å². The number of rotatable bonds is 3. The summed E-state index contributed by atoms with van der Waals surface area (Å²) in [6.45, 7) is 0. The first-order chi connectivity index (χ1) is 6.86. The van der Waals surface area contributed by atoms with Crippen molar-refractivity contribution in [2.24, 2.45) is 0 Å². The standard InChI is InChI=1S/C8H9ClO5S/c1-14-6-3-2-5(8(10)11)4-7(6)15(9,12)13/h2-4,8,10-11H,1H3. The smallest absolute Gasteiger partial charge is 0.264 e. The van der Waals surface area contributed by atoms with Gasteiger partial charge in [-0.3, -0.25) is 0 Å². The highest BCUT2D eigenvalue weighted by Crippen LogP contribution is 2.29. The molecule has 1 rings (SSSR count). The Morgan fingerprint density at radius 2 is 2.00 bits per heavy atom. The van der Waals surface area contributed by atoms with Gasteiger partial charge in [0.15, 0.2) is 6.29 Å². The molecule has 0 aliphatic rings. The molecule has 2 N–H and O–H groups in total. The average Bonchev–Trinajstić information content (AvgIpc) is 2.15. The fourth-order valence-corrected chi connectivity index (χ4v) is 2.07. The highest BCUT2D eigenvalue weighted by atomic mass is 35.7. The first-order valence-electron chi connectivity index (χ1n) is 3.85. The van der Waals surface area contributed by atoms with Gasteiger partial charge in [0.2, 0.25) is 0 Å². The molecule has 0 aromatic heterocycles. The molecule has 0 aliphatic heterocycles. The fourth-order valence-electron chi connectivity index (χ4n) is 1.04. The normalized spacial score (nSPS) is 11.8. The Kier molecular flexibility index (Phi) is 3.56. The summed E-state index contributed by atoms with van der Waals surface area (Å²) in [5.74, 6) is 0.0504. The van der Waals surface area contributed by atoms with Crippen LogP contribution in [0.1, 0.15) is 11.9 Å². The third-order valence-corrected chi connectivity index (χ3v) is 3.09. The molecular formula is C8H9ClO5S. The maximum absolute atomic E-state index is 11.1. The predicted molar refractivity (Wildman–Crippen MR) is 53.2 cm³/mol. The minimum absolute atomic E-state index is 0.0232. The van der Waals surface area contributed by atoms with E-state index in [-0.39, 0.29) is 16.2 Å². The van der Waals surface area contributed by atoms with Crippen molar-refractivity contribution in [1.29, 1.82) is 0 Å². The molecular weight excluding hydrogens is 244 g/mol. The molecule has 0 heterocycles. The lowest BCUT2D eigenvalue weighted by molar-refractivity contribution is -0.0426. The van der Waals surface area contributed by atoms with E-state index in [1.54, 1.807) is 0 Å². The van der Waals surface area contributed by atoms with E-state index in [0.717, 1.165) is 6.07 Å². The minimum atomic E-state index is -3.98. The molecule has 0 radical (unpaired) electrons. The van der Waals surface area contributed by atoms with Crippen molar-refractivity contribution in [3.05, 3.63) is 23.8 Å². The molecule has 1 aromatic rings. The number of benzene rings is 1. The maximum atomic E-state index is 11.1. The summed E-state index contributed by atoms with van der Waals surface area (Å²) in [6.07, 6.45) is -1.76. The summed E-state index contributed by atoms with van der Waals surface area (Å²) < 4.78 is 27.0. The number of aliphatic hydroxyl groups is 2. The van der Waals surface area contributed by atoms with Gasteiger partial charge in [0.05, 0.1) is 7.11 Å². The Morgan fingerprint density at radius 1 is 1.40 bits per heavy atom. The largest absolute Gasteiger partial charge is 0.495 e. The fraction of sp³-hybridized carbons (Fsp3) is 0.250.